The molecule has 1 N–H and O–H groups in total. The van der Waals surface area contributed by atoms with E-state index in [9.17, 15) is 9.18 Å². The van der Waals surface area contributed by atoms with Gasteiger partial charge in [-0.05, 0) is 49.3 Å². The van der Waals surface area contributed by atoms with Gasteiger partial charge in [0.2, 0.25) is 5.91 Å². The van der Waals surface area contributed by atoms with E-state index in [1.807, 2.05) is 38.1 Å². The van der Waals surface area contributed by atoms with Gasteiger partial charge in [0.25, 0.3) is 0 Å². The first-order valence-corrected chi connectivity index (χ1v) is 9.81. The summed E-state index contributed by atoms with van der Waals surface area (Å²) >= 11 is 0. The van der Waals surface area contributed by atoms with E-state index in [-0.39, 0.29) is 18.0 Å². The van der Waals surface area contributed by atoms with Crippen LogP contribution in [0.15, 0.2) is 24.3 Å². The highest BCUT2D eigenvalue weighted by atomic mass is 19.1. The summed E-state index contributed by atoms with van der Waals surface area (Å²) in [5, 5.41) is 2.58. The van der Waals surface area contributed by atoms with Crippen LogP contribution in [0, 0.1) is 5.41 Å². The molecule has 0 aliphatic carbocycles. The number of benzene rings is 1. The van der Waals surface area contributed by atoms with Crippen LogP contribution in [-0.4, -0.2) is 32.5 Å². The van der Waals surface area contributed by atoms with Crippen LogP contribution in [0.1, 0.15) is 65.9 Å². The second kappa shape index (κ2) is 10.6. The third-order valence-corrected chi connectivity index (χ3v) is 4.75. The molecular formula is C22H36FNO3. The van der Waals surface area contributed by atoms with Crippen molar-refractivity contribution in [3.8, 4) is 5.75 Å². The van der Waals surface area contributed by atoms with Gasteiger partial charge in [-0.2, -0.15) is 0 Å². The molecule has 5 heteroatoms. The number of ether oxygens (including phenoxy) is 2. The molecule has 0 radical (unpaired) electrons. The standard InChI is InChI=1S/C22H36FNO3/c1-7-22(16-23,15-21(3,4)5)18-10-12-19(13-11-18)27-17(2)26-14-8-9-20(25)24-6/h10-13,17H,7-9,14-16H2,1-6H3,(H,24,25). The molecule has 154 valence electrons. The molecule has 0 saturated heterocycles. The van der Waals surface area contributed by atoms with E-state index in [2.05, 4.69) is 26.1 Å². The Kier molecular flexibility index (Phi) is 9.23. The smallest absolute Gasteiger partial charge is 0.219 e. The van der Waals surface area contributed by atoms with Crippen LogP contribution in [0.25, 0.3) is 0 Å². The van der Waals surface area contributed by atoms with Crippen molar-refractivity contribution in [2.24, 2.45) is 5.41 Å². The lowest BCUT2D eigenvalue weighted by atomic mass is 9.69. The van der Waals surface area contributed by atoms with Gasteiger partial charge in [0.1, 0.15) is 5.75 Å². The second-order valence-corrected chi connectivity index (χ2v) is 8.36. The predicted octanol–water partition coefficient (Wildman–Crippen LogP) is 5.01. The Morgan fingerprint density at radius 2 is 1.85 bits per heavy atom. The zero-order valence-corrected chi connectivity index (χ0v) is 17.7. The molecule has 2 atom stereocenters. The summed E-state index contributed by atoms with van der Waals surface area (Å²) in [4.78, 5) is 11.2. The van der Waals surface area contributed by atoms with Crippen LogP contribution in [0.2, 0.25) is 0 Å². The highest BCUT2D eigenvalue weighted by molar-refractivity contribution is 5.75. The Hall–Kier alpha value is -1.62. The lowest BCUT2D eigenvalue weighted by Gasteiger charge is -2.36. The molecule has 0 saturated carbocycles. The van der Waals surface area contributed by atoms with Crippen LogP contribution in [0.4, 0.5) is 4.39 Å². The Balaban J connectivity index is 2.65. The monoisotopic (exact) mass is 381 g/mol. The molecule has 0 aliphatic rings. The molecule has 1 amide bonds. The van der Waals surface area contributed by atoms with Crippen molar-refractivity contribution in [1.82, 2.24) is 5.32 Å². The molecule has 27 heavy (non-hydrogen) atoms. The lowest BCUT2D eigenvalue weighted by Crippen LogP contribution is -2.33. The van der Waals surface area contributed by atoms with Gasteiger partial charge >= 0.3 is 0 Å². The normalized spacial score (nSPS) is 15.1. The first kappa shape index (κ1) is 23.4. The minimum Gasteiger partial charge on any atom is -0.465 e. The highest BCUT2D eigenvalue weighted by Crippen LogP contribution is 2.40. The first-order chi connectivity index (χ1) is 12.7. The van der Waals surface area contributed by atoms with E-state index in [4.69, 9.17) is 9.47 Å². The molecule has 0 aromatic heterocycles. The van der Waals surface area contributed by atoms with E-state index < -0.39 is 11.7 Å². The maximum absolute atomic E-state index is 14.0. The predicted molar refractivity (Wildman–Crippen MR) is 108 cm³/mol. The van der Waals surface area contributed by atoms with Gasteiger partial charge in [0.05, 0.1) is 13.3 Å². The summed E-state index contributed by atoms with van der Waals surface area (Å²) in [6.07, 6.45) is 2.22. The molecule has 1 rings (SSSR count). The quantitative estimate of drug-likeness (QED) is 0.433. The zero-order valence-electron chi connectivity index (χ0n) is 17.7. The number of rotatable bonds is 11. The first-order valence-electron chi connectivity index (χ1n) is 9.81. The fourth-order valence-electron chi connectivity index (χ4n) is 3.38. The summed E-state index contributed by atoms with van der Waals surface area (Å²) in [5.74, 6) is 0.697. The second-order valence-electron chi connectivity index (χ2n) is 8.36. The van der Waals surface area contributed by atoms with Gasteiger partial charge in [0, 0.05) is 18.9 Å². The molecule has 0 heterocycles. The number of hydrogen-bond donors (Lipinski definition) is 1. The molecule has 4 nitrogen and oxygen atoms in total. The fraction of sp³-hybridized carbons (Fsp3) is 0.682. The Bertz CT molecular complexity index is 562. The number of nitrogens with one attached hydrogen (secondary N) is 1. The molecule has 1 aromatic rings. The zero-order chi connectivity index (χ0) is 20.5. The van der Waals surface area contributed by atoms with E-state index >= 15 is 0 Å². The number of carbonyl (C=O) groups excluding carboxylic acids is 1. The molecule has 0 aliphatic heterocycles. The van der Waals surface area contributed by atoms with E-state index in [0.29, 0.717) is 25.2 Å². The number of halogens is 1. The largest absolute Gasteiger partial charge is 0.465 e. The van der Waals surface area contributed by atoms with Crippen molar-refractivity contribution >= 4 is 5.91 Å². The van der Waals surface area contributed by atoms with Crippen LogP contribution in [0.3, 0.4) is 0 Å². The summed E-state index contributed by atoms with van der Waals surface area (Å²) < 4.78 is 25.4. The number of alkyl halides is 1. The van der Waals surface area contributed by atoms with Crippen LogP contribution < -0.4 is 10.1 Å². The van der Waals surface area contributed by atoms with Crippen LogP contribution >= 0.6 is 0 Å². The molecular weight excluding hydrogens is 345 g/mol. The van der Waals surface area contributed by atoms with Crippen molar-refractivity contribution in [2.45, 2.75) is 72.0 Å². The van der Waals surface area contributed by atoms with Crippen LogP contribution in [-0.2, 0) is 14.9 Å². The van der Waals surface area contributed by atoms with Crippen molar-refractivity contribution in [2.75, 3.05) is 20.3 Å². The molecule has 0 bridgehead atoms. The average molecular weight is 382 g/mol. The van der Waals surface area contributed by atoms with Gasteiger partial charge < -0.3 is 14.8 Å². The maximum atomic E-state index is 14.0. The number of carbonyl (C=O) groups is 1. The van der Waals surface area contributed by atoms with Gasteiger partial charge in [-0.3, -0.25) is 9.18 Å². The van der Waals surface area contributed by atoms with Crippen LogP contribution in [0.5, 0.6) is 5.75 Å². The van der Waals surface area contributed by atoms with Gasteiger partial charge in [-0.15, -0.1) is 0 Å². The Morgan fingerprint density at radius 1 is 1.22 bits per heavy atom. The fourth-order valence-corrected chi connectivity index (χ4v) is 3.38. The third-order valence-electron chi connectivity index (χ3n) is 4.75. The van der Waals surface area contributed by atoms with Crippen molar-refractivity contribution in [3.63, 3.8) is 0 Å². The van der Waals surface area contributed by atoms with Crippen molar-refractivity contribution in [1.29, 1.82) is 0 Å². The summed E-state index contributed by atoms with van der Waals surface area (Å²) in [7, 11) is 1.62. The molecule has 2 unspecified atom stereocenters. The van der Waals surface area contributed by atoms with Crippen molar-refractivity contribution in [3.05, 3.63) is 29.8 Å². The molecule has 0 spiro atoms. The highest BCUT2D eigenvalue weighted by Gasteiger charge is 2.35. The summed E-state index contributed by atoms with van der Waals surface area (Å²) in [6, 6.07) is 7.68. The van der Waals surface area contributed by atoms with Crippen molar-refractivity contribution < 1.29 is 18.7 Å². The van der Waals surface area contributed by atoms with Gasteiger partial charge in [0.15, 0.2) is 6.29 Å². The Labute approximate surface area is 163 Å². The molecule has 0 fully saturated rings. The minimum atomic E-state index is -0.460. The third kappa shape index (κ3) is 7.87. The minimum absolute atomic E-state index is 0.00490. The Morgan fingerprint density at radius 3 is 2.33 bits per heavy atom. The van der Waals surface area contributed by atoms with Gasteiger partial charge in [-0.1, -0.05) is 39.8 Å². The van der Waals surface area contributed by atoms with E-state index in [1.165, 1.54) is 0 Å². The van der Waals surface area contributed by atoms with E-state index in [0.717, 1.165) is 18.4 Å². The lowest BCUT2D eigenvalue weighted by molar-refractivity contribution is -0.121. The number of hydrogen-bond acceptors (Lipinski definition) is 3. The average Bonchev–Trinajstić information content (AvgIpc) is 2.63. The van der Waals surface area contributed by atoms with E-state index in [1.54, 1.807) is 7.05 Å². The summed E-state index contributed by atoms with van der Waals surface area (Å²) in [6.45, 7) is 10.4. The number of amides is 1. The SMILES string of the molecule is CCC(CF)(CC(C)(C)C)c1ccc(OC(C)OCCCC(=O)NC)cc1. The molecule has 1 aromatic carbocycles. The van der Waals surface area contributed by atoms with Gasteiger partial charge in [-0.25, -0.2) is 0 Å². The summed E-state index contributed by atoms with van der Waals surface area (Å²) in [5.41, 5.74) is 0.599. The topological polar surface area (TPSA) is 47.6 Å². The maximum Gasteiger partial charge on any atom is 0.219 e.